The zero-order valence-electron chi connectivity index (χ0n) is 33.7. The van der Waals surface area contributed by atoms with Crippen LogP contribution in [0.4, 0.5) is 0 Å². The van der Waals surface area contributed by atoms with Crippen molar-refractivity contribution < 1.29 is 8.83 Å². The van der Waals surface area contributed by atoms with Crippen LogP contribution in [0.15, 0.2) is 215 Å². The lowest BCUT2D eigenvalue weighted by atomic mass is 9.99. The average molecular weight is 807 g/mol. The molecule has 13 rings (SSSR count). The quantitative estimate of drug-likeness (QED) is 0.167. The Bertz CT molecular complexity index is 3900. The first-order chi connectivity index (χ1) is 31.2. The fourth-order valence-electron chi connectivity index (χ4n) is 9.36. The highest BCUT2D eigenvalue weighted by molar-refractivity contribution is 6.15. The third kappa shape index (κ3) is 5.69. The first-order valence-corrected chi connectivity index (χ1v) is 21.1. The molecule has 6 nitrogen and oxygen atoms in total. The summed E-state index contributed by atoms with van der Waals surface area (Å²) in [5, 5.41) is 6.46. The van der Waals surface area contributed by atoms with Gasteiger partial charge in [-0.1, -0.05) is 152 Å². The van der Waals surface area contributed by atoms with Crippen molar-refractivity contribution in [3.63, 3.8) is 0 Å². The van der Waals surface area contributed by atoms with Crippen LogP contribution < -0.4 is 0 Å². The fourth-order valence-corrected chi connectivity index (χ4v) is 9.36. The summed E-state index contributed by atoms with van der Waals surface area (Å²) in [6.45, 7) is 0. The molecule has 0 unspecified atom stereocenters. The highest BCUT2D eigenvalue weighted by atomic mass is 16.3. The molecule has 0 amide bonds. The molecule has 6 heteroatoms. The largest absolute Gasteiger partial charge is 0.456 e. The third-order valence-corrected chi connectivity index (χ3v) is 12.3. The number of benzene rings is 9. The van der Waals surface area contributed by atoms with E-state index in [1.165, 1.54) is 21.9 Å². The Morgan fingerprint density at radius 3 is 1.59 bits per heavy atom. The average Bonchev–Trinajstić information content (AvgIpc) is 4.03. The van der Waals surface area contributed by atoms with E-state index in [0.717, 1.165) is 88.4 Å². The first kappa shape index (κ1) is 35.2. The predicted molar refractivity (Wildman–Crippen MR) is 256 cm³/mol. The maximum absolute atomic E-state index is 6.72. The van der Waals surface area contributed by atoms with Crippen LogP contribution in [0.25, 0.3) is 128 Å². The molecule has 0 atom stereocenters. The highest BCUT2D eigenvalue weighted by Crippen LogP contribution is 2.41. The molecule has 4 heterocycles. The fraction of sp³-hybridized carbons (Fsp3) is 0. The van der Waals surface area contributed by atoms with Gasteiger partial charge in [-0.3, -0.25) is 0 Å². The smallest absolute Gasteiger partial charge is 0.164 e. The van der Waals surface area contributed by atoms with E-state index in [2.05, 4.69) is 144 Å². The normalized spacial score (nSPS) is 11.8. The molecule has 0 aliphatic rings. The summed E-state index contributed by atoms with van der Waals surface area (Å²) < 4.78 is 15.6. The van der Waals surface area contributed by atoms with E-state index in [4.69, 9.17) is 23.8 Å². The number of furan rings is 2. The van der Waals surface area contributed by atoms with Gasteiger partial charge in [0.25, 0.3) is 0 Å². The van der Waals surface area contributed by atoms with Crippen molar-refractivity contribution in [3.05, 3.63) is 206 Å². The van der Waals surface area contributed by atoms with Crippen molar-refractivity contribution >= 4 is 65.7 Å². The van der Waals surface area contributed by atoms with E-state index < -0.39 is 0 Å². The molecular weight excluding hydrogens is 773 g/mol. The Kier molecular flexibility index (Phi) is 7.80. The number of hydrogen-bond acceptors (Lipinski definition) is 5. The van der Waals surface area contributed by atoms with Gasteiger partial charge in [0.05, 0.1) is 11.0 Å². The van der Waals surface area contributed by atoms with Crippen LogP contribution in [0.2, 0.25) is 0 Å². The molecule has 9 aromatic carbocycles. The van der Waals surface area contributed by atoms with E-state index in [1.54, 1.807) is 0 Å². The summed E-state index contributed by atoms with van der Waals surface area (Å²) in [6, 6.07) is 71.5. The molecule has 294 valence electrons. The molecule has 0 saturated carbocycles. The molecule has 0 fully saturated rings. The molecule has 4 aromatic heterocycles. The van der Waals surface area contributed by atoms with E-state index in [0.29, 0.717) is 17.5 Å². The summed E-state index contributed by atoms with van der Waals surface area (Å²) in [6.07, 6.45) is 0. The number of para-hydroxylation sites is 1. The molecule has 0 N–H and O–H groups in total. The third-order valence-electron chi connectivity index (χ3n) is 12.3. The van der Waals surface area contributed by atoms with Crippen LogP contribution in [0.1, 0.15) is 0 Å². The summed E-state index contributed by atoms with van der Waals surface area (Å²) in [4.78, 5) is 15.4. The minimum absolute atomic E-state index is 0.554. The van der Waals surface area contributed by atoms with E-state index >= 15 is 0 Å². The molecule has 0 aliphatic carbocycles. The number of hydrogen-bond donors (Lipinski definition) is 0. The minimum atomic E-state index is 0.554. The lowest BCUT2D eigenvalue weighted by molar-refractivity contribution is 0.668. The number of fused-ring (bicyclic) bond motifs is 9. The molecule has 0 aliphatic heterocycles. The lowest BCUT2D eigenvalue weighted by Crippen LogP contribution is -2.00. The minimum Gasteiger partial charge on any atom is -0.456 e. The second-order valence-corrected chi connectivity index (χ2v) is 15.9. The standard InChI is InChI=1S/C57H34N4O2/c1-4-14-35(15-5-1)38-26-29-43-42-20-10-11-23-47(42)61(48(43)32-38)40-28-31-45-52(34-40)63-50-25-13-22-46(54(45)50)57-59-55(37-18-8-3-9-19-37)58-56(60-57)39-27-30-44-51(33-39)62-49-24-12-21-41(53(44)49)36-16-6-2-7-17-36/h1-34H. The van der Waals surface area contributed by atoms with Crippen LogP contribution in [0.5, 0.6) is 0 Å². The molecule has 0 saturated heterocycles. The topological polar surface area (TPSA) is 69.9 Å². The van der Waals surface area contributed by atoms with Crippen LogP contribution >= 0.6 is 0 Å². The van der Waals surface area contributed by atoms with Gasteiger partial charge in [0.1, 0.15) is 22.3 Å². The monoisotopic (exact) mass is 806 g/mol. The number of aromatic nitrogens is 4. The van der Waals surface area contributed by atoms with Crippen LogP contribution in [-0.2, 0) is 0 Å². The highest BCUT2D eigenvalue weighted by Gasteiger charge is 2.21. The van der Waals surface area contributed by atoms with Gasteiger partial charge in [0.2, 0.25) is 0 Å². The van der Waals surface area contributed by atoms with Crippen molar-refractivity contribution in [2.75, 3.05) is 0 Å². The van der Waals surface area contributed by atoms with Crippen molar-refractivity contribution in [2.45, 2.75) is 0 Å². The van der Waals surface area contributed by atoms with Crippen LogP contribution in [0.3, 0.4) is 0 Å². The van der Waals surface area contributed by atoms with Gasteiger partial charge in [-0.2, -0.15) is 0 Å². The maximum Gasteiger partial charge on any atom is 0.164 e. The molecule has 0 spiro atoms. The maximum atomic E-state index is 6.72. The lowest BCUT2D eigenvalue weighted by Gasteiger charge is -2.10. The van der Waals surface area contributed by atoms with Crippen LogP contribution in [0, 0.1) is 0 Å². The van der Waals surface area contributed by atoms with E-state index in [1.807, 2.05) is 66.7 Å². The molecule has 0 radical (unpaired) electrons. The Labute approximate surface area is 361 Å². The Balaban J connectivity index is 0.970. The summed E-state index contributed by atoms with van der Waals surface area (Å²) >= 11 is 0. The van der Waals surface area contributed by atoms with Crippen LogP contribution in [-0.4, -0.2) is 19.5 Å². The van der Waals surface area contributed by atoms with Gasteiger partial charge in [0, 0.05) is 60.8 Å². The SMILES string of the molecule is c1ccc(-c2ccc3c4ccccc4n(-c4ccc5c(c4)oc4cccc(-c6nc(-c7ccccc7)nc(-c7ccc8c(c7)oc7cccc(-c9ccccc9)c78)n6)c45)c3c2)cc1. The Morgan fingerprint density at radius 2 is 0.841 bits per heavy atom. The second-order valence-electron chi connectivity index (χ2n) is 15.9. The van der Waals surface area contributed by atoms with Gasteiger partial charge < -0.3 is 13.4 Å². The van der Waals surface area contributed by atoms with Gasteiger partial charge in [-0.05, 0) is 70.8 Å². The van der Waals surface area contributed by atoms with Crippen molar-refractivity contribution in [3.8, 4) is 62.1 Å². The summed E-state index contributed by atoms with van der Waals surface area (Å²) in [7, 11) is 0. The second kappa shape index (κ2) is 14.0. The zero-order chi connectivity index (χ0) is 41.4. The van der Waals surface area contributed by atoms with Gasteiger partial charge in [-0.25, -0.2) is 15.0 Å². The summed E-state index contributed by atoms with van der Waals surface area (Å²) in [5.41, 5.74) is 13.7. The van der Waals surface area contributed by atoms with Crippen molar-refractivity contribution in [1.82, 2.24) is 19.5 Å². The first-order valence-electron chi connectivity index (χ1n) is 21.1. The predicted octanol–water partition coefficient (Wildman–Crippen LogP) is 15.1. The molecular formula is C57H34N4O2. The molecule has 0 bridgehead atoms. The number of nitrogens with zero attached hydrogens (tertiary/aromatic N) is 4. The van der Waals surface area contributed by atoms with Crippen molar-refractivity contribution in [1.29, 1.82) is 0 Å². The summed E-state index contributed by atoms with van der Waals surface area (Å²) in [5.74, 6) is 1.70. The van der Waals surface area contributed by atoms with Gasteiger partial charge in [-0.15, -0.1) is 0 Å². The van der Waals surface area contributed by atoms with Gasteiger partial charge in [0.15, 0.2) is 17.5 Å². The number of rotatable bonds is 6. The zero-order valence-corrected chi connectivity index (χ0v) is 33.7. The van der Waals surface area contributed by atoms with Crippen molar-refractivity contribution in [2.24, 2.45) is 0 Å². The Morgan fingerprint density at radius 1 is 0.302 bits per heavy atom. The van der Waals surface area contributed by atoms with Gasteiger partial charge >= 0.3 is 0 Å². The Hall–Kier alpha value is -8.61. The van der Waals surface area contributed by atoms with E-state index in [9.17, 15) is 0 Å². The molecule has 63 heavy (non-hydrogen) atoms. The molecule has 13 aromatic rings. The van der Waals surface area contributed by atoms with E-state index in [-0.39, 0.29) is 0 Å².